The molecule has 1 aliphatic carbocycles. The summed E-state index contributed by atoms with van der Waals surface area (Å²) in [6, 6.07) is 0. The molecule has 10 nitrogen and oxygen atoms in total. The fraction of sp³-hybridized carbons (Fsp3) is 0.483. The number of ether oxygens (including phenoxy) is 1. The van der Waals surface area contributed by atoms with Crippen LogP contribution in [-0.2, 0) is 20.9 Å². The van der Waals surface area contributed by atoms with Crippen molar-refractivity contribution in [2.75, 3.05) is 37.7 Å². The molecule has 2 amide bonds. The zero-order valence-electron chi connectivity index (χ0n) is 23.4. The molecule has 1 saturated carbocycles. The summed E-state index contributed by atoms with van der Waals surface area (Å²) >= 11 is 0. The Morgan fingerprint density at radius 1 is 1.20 bits per heavy atom. The highest BCUT2D eigenvalue weighted by Gasteiger charge is 2.56. The number of nitrogens with one attached hydrogen (secondary N) is 3. The topological polar surface area (TPSA) is 121 Å². The normalized spacial score (nSPS) is 18.9. The van der Waals surface area contributed by atoms with Crippen molar-refractivity contribution in [1.29, 1.82) is 0 Å². The van der Waals surface area contributed by atoms with E-state index in [1.165, 1.54) is 6.08 Å². The second kappa shape index (κ2) is 13.5. The van der Waals surface area contributed by atoms with Crippen molar-refractivity contribution in [3.63, 3.8) is 0 Å². The Bertz CT molecular complexity index is 1260. The fourth-order valence-electron chi connectivity index (χ4n) is 4.51. The van der Waals surface area contributed by atoms with Crippen molar-refractivity contribution in [1.82, 2.24) is 25.9 Å². The highest BCUT2D eigenvalue weighted by atomic mass is 19.1. The van der Waals surface area contributed by atoms with Crippen molar-refractivity contribution in [2.45, 2.75) is 53.0 Å². The Labute approximate surface area is 234 Å². The van der Waals surface area contributed by atoms with Gasteiger partial charge >= 0.3 is 0 Å². The molecule has 40 heavy (non-hydrogen) atoms. The van der Waals surface area contributed by atoms with Crippen LogP contribution in [0.25, 0.3) is 5.76 Å². The first-order valence-corrected chi connectivity index (χ1v) is 13.9. The average Bonchev–Trinajstić information content (AvgIpc) is 3.81. The van der Waals surface area contributed by atoms with E-state index in [4.69, 9.17) is 9.72 Å². The van der Waals surface area contributed by atoms with E-state index in [9.17, 15) is 14.0 Å². The molecule has 0 aromatic carbocycles. The van der Waals surface area contributed by atoms with E-state index in [0.717, 1.165) is 44.1 Å². The molecular formula is C29H38FN7O3. The zero-order chi connectivity index (χ0) is 28.5. The maximum Gasteiger partial charge on any atom is 0.240 e. The van der Waals surface area contributed by atoms with Gasteiger partial charge < -0.3 is 25.6 Å². The van der Waals surface area contributed by atoms with Gasteiger partial charge in [0.05, 0.1) is 18.4 Å². The molecule has 0 radical (unpaired) electrons. The number of carbonyl (C=O) groups is 2. The molecule has 1 aromatic rings. The van der Waals surface area contributed by atoms with E-state index in [1.807, 2.05) is 19.9 Å². The van der Waals surface area contributed by atoms with Crippen LogP contribution in [0.3, 0.4) is 0 Å². The van der Waals surface area contributed by atoms with Gasteiger partial charge in [-0.3, -0.25) is 14.6 Å². The van der Waals surface area contributed by atoms with E-state index >= 15 is 0 Å². The first kappa shape index (κ1) is 29.1. The third-order valence-corrected chi connectivity index (χ3v) is 7.05. The van der Waals surface area contributed by atoms with Crippen molar-refractivity contribution in [2.24, 2.45) is 10.4 Å². The lowest BCUT2D eigenvalue weighted by molar-refractivity contribution is -0.136. The van der Waals surface area contributed by atoms with Crippen molar-refractivity contribution >= 4 is 29.6 Å². The average molecular weight is 552 g/mol. The maximum atomic E-state index is 15.0. The molecule has 0 atom stereocenters. The lowest BCUT2D eigenvalue weighted by Crippen LogP contribution is -2.44. The highest BCUT2D eigenvalue weighted by Crippen LogP contribution is 2.46. The van der Waals surface area contributed by atoms with Crippen molar-refractivity contribution in [3.05, 3.63) is 59.1 Å². The van der Waals surface area contributed by atoms with Crippen LogP contribution in [-0.4, -0.2) is 60.8 Å². The molecule has 1 saturated heterocycles. The third-order valence-electron chi connectivity index (χ3n) is 7.05. The van der Waals surface area contributed by atoms with E-state index in [-0.39, 0.29) is 18.2 Å². The summed E-state index contributed by atoms with van der Waals surface area (Å²) in [5.74, 6) is -0.217. The van der Waals surface area contributed by atoms with Crippen LogP contribution in [0.1, 0.15) is 57.8 Å². The van der Waals surface area contributed by atoms with Crippen molar-refractivity contribution in [3.8, 4) is 0 Å². The highest BCUT2D eigenvalue weighted by molar-refractivity contribution is 6.08. The Balaban J connectivity index is 1.37. The minimum atomic E-state index is -1.13. The van der Waals surface area contributed by atoms with E-state index in [2.05, 4.69) is 30.8 Å². The van der Waals surface area contributed by atoms with Gasteiger partial charge in [-0.05, 0) is 38.7 Å². The number of amides is 2. The number of aromatic nitrogens is 2. The number of carbonyl (C=O) groups excluding carboxylic acids is 2. The smallest absolute Gasteiger partial charge is 0.240 e. The van der Waals surface area contributed by atoms with Crippen LogP contribution in [0.4, 0.5) is 10.2 Å². The number of halogens is 1. The van der Waals surface area contributed by atoms with Gasteiger partial charge in [0.25, 0.3) is 0 Å². The Kier molecular flexibility index (Phi) is 9.81. The summed E-state index contributed by atoms with van der Waals surface area (Å²) in [4.78, 5) is 41.7. The molecule has 1 aromatic heterocycles. The first-order valence-electron chi connectivity index (χ1n) is 13.9. The van der Waals surface area contributed by atoms with Gasteiger partial charge in [-0.25, -0.2) is 14.4 Å². The monoisotopic (exact) mass is 551 g/mol. The summed E-state index contributed by atoms with van der Waals surface area (Å²) in [5.41, 5.74) is 1.10. The summed E-state index contributed by atoms with van der Waals surface area (Å²) in [5, 5.41) is 8.90. The van der Waals surface area contributed by atoms with Gasteiger partial charge in [0.15, 0.2) is 0 Å². The number of hydrogen-bond donors (Lipinski definition) is 3. The lowest BCUT2D eigenvalue weighted by atomic mass is 10.0. The molecular weight excluding hydrogens is 513 g/mol. The molecule has 0 spiro atoms. The zero-order valence-corrected chi connectivity index (χ0v) is 23.4. The number of piperazine rings is 1. The van der Waals surface area contributed by atoms with Crippen LogP contribution in [0, 0.1) is 5.41 Å². The largest absolute Gasteiger partial charge is 0.484 e. The third kappa shape index (κ3) is 7.01. The predicted octanol–water partition coefficient (Wildman–Crippen LogP) is 3.30. The summed E-state index contributed by atoms with van der Waals surface area (Å²) in [6.45, 7) is 9.05. The number of aliphatic imine (C=N–C) groups is 1. The Hall–Kier alpha value is -3.86. The van der Waals surface area contributed by atoms with Crippen molar-refractivity contribution < 1.29 is 18.7 Å². The first-order chi connectivity index (χ1) is 19.4. The van der Waals surface area contributed by atoms with Gasteiger partial charge in [-0.1, -0.05) is 26.0 Å². The van der Waals surface area contributed by atoms with Crippen LogP contribution in [0.5, 0.6) is 0 Å². The maximum absolute atomic E-state index is 15.0. The fourth-order valence-corrected chi connectivity index (χ4v) is 4.51. The molecule has 0 bridgehead atoms. The van der Waals surface area contributed by atoms with Gasteiger partial charge in [0.2, 0.25) is 11.8 Å². The second-order valence-corrected chi connectivity index (χ2v) is 9.89. The minimum absolute atomic E-state index is 0.252. The number of allylic oxidation sites excluding steroid dienone is 5. The van der Waals surface area contributed by atoms with E-state index in [0.29, 0.717) is 43.0 Å². The molecule has 214 valence electrons. The van der Waals surface area contributed by atoms with Gasteiger partial charge in [0, 0.05) is 49.9 Å². The molecule has 3 heterocycles. The molecule has 3 N–H and O–H groups in total. The predicted molar refractivity (Wildman–Crippen MR) is 153 cm³/mol. The molecule has 0 unspecified atom stereocenters. The molecule has 2 fully saturated rings. The lowest BCUT2D eigenvalue weighted by Gasteiger charge is -2.28. The van der Waals surface area contributed by atoms with Gasteiger partial charge in [0.1, 0.15) is 35.1 Å². The van der Waals surface area contributed by atoms with E-state index in [1.54, 1.807) is 31.5 Å². The summed E-state index contributed by atoms with van der Waals surface area (Å²) in [6.07, 6.45) is 12.0. The van der Waals surface area contributed by atoms with Gasteiger partial charge in [-0.2, -0.15) is 0 Å². The minimum Gasteiger partial charge on any atom is -0.484 e. The van der Waals surface area contributed by atoms with E-state index < -0.39 is 17.1 Å². The number of rotatable bonds is 11. The molecule has 2 aliphatic heterocycles. The Morgan fingerprint density at radius 3 is 2.62 bits per heavy atom. The number of nitrogens with zero attached hydrogens (tertiary/aromatic N) is 4. The Morgan fingerprint density at radius 2 is 1.95 bits per heavy atom. The number of fused-ring (bicyclic) bond motifs is 1. The van der Waals surface area contributed by atoms with Crippen LogP contribution in [0.15, 0.2) is 52.7 Å². The number of anilines is 1. The standard InChI is InChI=1S/C29H38FN7O3/c1-4-7-21(5-2)34-27(38)29(9-10-29)28(39)35-22(6-3)16-20(30)19-40-24-8-11-32-17-23-26(24)33-18-25(36-23)37-14-12-31-13-15-37/h6-8,11,16,18,31H,4-5,9-10,12-15,17,19H2,1-3H3,(H,34,38)(H,35,39)/b20-16+,21-7+,22-6+. The summed E-state index contributed by atoms with van der Waals surface area (Å²) < 4.78 is 20.7. The SMILES string of the molecule is C/C=C(\C=C(\F)COC1=CC=NCc2nc(N3CCNCC3)cnc21)NC(=O)C1(C(=O)N/C(=C/CC)CC)CC1. The van der Waals surface area contributed by atoms with Crippen LogP contribution < -0.4 is 20.9 Å². The molecule has 11 heteroatoms. The van der Waals surface area contributed by atoms with Crippen LogP contribution in [0.2, 0.25) is 0 Å². The molecule has 4 rings (SSSR count). The van der Waals surface area contributed by atoms with Crippen LogP contribution >= 0.6 is 0 Å². The number of hydrogen-bond acceptors (Lipinski definition) is 8. The van der Waals surface area contributed by atoms with Gasteiger partial charge in [-0.15, -0.1) is 0 Å². The second-order valence-electron chi connectivity index (χ2n) is 9.89. The quantitative estimate of drug-likeness (QED) is 0.285. The molecule has 3 aliphatic rings. The summed E-state index contributed by atoms with van der Waals surface area (Å²) in [7, 11) is 0.